The summed E-state index contributed by atoms with van der Waals surface area (Å²) in [6, 6.07) is 15.3. The summed E-state index contributed by atoms with van der Waals surface area (Å²) in [5, 5.41) is 12.6. The zero-order valence-electron chi connectivity index (χ0n) is 10.9. The van der Waals surface area contributed by atoms with Crippen LogP contribution in [0.1, 0.15) is 24.8 Å². The van der Waals surface area contributed by atoms with Crippen molar-refractivity contribution in [1.82, 2.24) is 0 Å². The van der Waals surface area contributed by atoms with Crippen molar-refractivity contribution < 1.29 is 5.11 Å². The number of hydrogen-bond acceptors (Lipinski definition) is 1. The maximum atomic E-state index is 9.99. The van der Waals surface area contributed by atoms with Crippen LogP contribution in [0.25, 0.3) is 16.3 Å². The average molecular weight is 250 g/mol. The van der Waals surface area contributed by atoms with Crippen molar-refractivity contribution in [3.63, 3.8) is 0 Å². The second-order valence-corrected chi connectivity index (χ2v) is 5.93. The fourth-order valence-electron chi connectivity index (χ4n) is 3.71. The molecular formula is C18H18O. The van der Waals surface area contributed by atoms with Crippen molar-refractivity contribution >= 4 is 16.3 Å². The van der Waals surface area contributed by atoms with Crippen molar-refractivity contribution in [3.05, 3.63) is 54.1 Å². The Kier molecular flexibility index (Phi) is 2.49. The van der Waals surface area contributed by atoms with Crippen molar-refractivity contribution in [2.24, 2.45) is 11.8 Å². The van der Waals surface area contributed by atoms with E-state index in [-0.39, 0.29) is 6.10 Å². The zero-order chi connectivity index (χ0) is 12.8. The van der Waals surface area contributed by atoms with Gasteiger partial charge in [0.15, 0.2) is 0 Å². The maximum absolute atomic E-state index is 9.99. The first-order valence-corrected chi connectivity index (χ1v) is 7.20. The summed E-state index contributed by atoms with van der Waals surface area (Å²) < 4.78 is 0. The van der Waals surface area contributed by atoms with E-state index in [0.717, 1.165) is 12.8 Å². The highest BCUT2D eigenvalue weighted by atomic mass is 16.3. The molecule has 1 N–H and O–H groups in total. The van der Waals surface area contributed by atoms with Gasteiger partial charge in [0, 0.05) is 5.92 Å². The number of fused-ring (bicyclic) bond motifs is 3. The Morgan fingerprint density at radius 1 is 0.947 bits per heavy atom. The van der Waals surface area contributed by atoms with Gasteiger partial charge >= 0.3 is 0 Å². The first kappa shape index (κ1) is 11.2. The highest BCUT2D eigenvalue weighted by Crippen LogP contribution is 2.45. The summed E-state index contributed by atoms with van der Waals surface area (Å²) in [5.74, 6) is 0.938. The number of allylic oxidation sites excluding steroid dienone is 1. The van der Waals surface area contributed by atoms with Crippen LogP contribution < -0.4 is 0 Å². The SMILES string of the molecule is OC1CC2CCC1C=C2c1ccc2ccccc2c1. The Morgan fingerprint density at radius 2 is 1.79 bits per heavy atom. The van der Waals surface area contributed by atoms with Crippen molar-refractivity contribution in [2.75, 3.05) is 0 Å². The lowest BCUT2D eigenvalue weighted by atomic mass is 9.68. The van der Waals surface area contributed by atoms with Gasteiger partial charge in [0.25, 0.3) is 0 Å². The average Bonchev–Trinajstić information content (AvgIpc) is 2.47. The minimum absolute atomic E-state index is 0.108. The molecule has 19 heavy (non-hydrogen) atoms. The highest BCUT2D eigenvalue weighted by molar-refractivity contribution is 5.86. The Hall–Kier alpha value is -1.60. The Morgan fingerprint density at radius 3 is 2.53 bits per heavy atom. The Balaban J connectivity index is 1.81. The molecule has 0 radical (unpaired) electrons. The van der Waals surface area contributed by atoms with E-state index in [2.05, 4.69) is 48.5 Å². The third-order valence-electron chi connectivity index (χ3n) is 4.78. The molecule has 0 amide bonds. The first-order valence-electron chi connectivity index (χ1n) is 7.20. The number of aliphatic hydroxyl groups excluding tert-OH is 1. The molecule has 5 rings (SSSR count). The van der Waals surface area contributed by atoms with Crippen LogP contribution in [0.2, 0.25) is 0 Å². The molecule has 3 unspecified atom stereocenters. The summed E-state index contributed by atoms with van der Waals surface area (Å²) in [4.78, 5) is 0. The van der Waals surface area contributed by atoms with Gasteiger partial charge < -0.3 is 5.11 Å². The van der Waals surface area contributed by atoms with Gasteiger partial charge in [-0.25, -0.2) is 0 Å². The van der Waals surface area contributed by atoms with E-state index in [1.54, 1.807) is 0 Å². The molecule has 3 aliphatic rings. The monoisotopic (exact) mass is 250 g/mol. The molecule has 0 aromatic heterocycles. The topological polar surface area (TPSA) is 20.2 Å². The molecule has 1 nitrogen and oxygen atoms in total. The van der Waals surface area contributed by atoms with Crippen LogP contribution in [0.4, 0.5) is 0 Å². The fraction of sp³-hybridized carbons (Fsp3) is 0.333. The zero-order valence-corrected chi connectivity index (χ0v) is 10.9. The van der Waals surface area contributed by atoms with Crippen molar-refractivity contribution in [2.45, 2.75) is 25.4 Å². The minimum Gasteiger partial charge on any atom is -0.392 e. The molecule has 1 fully saturated rings. The van der Waals surface area contributed by atoms with E-state index in [4.69, 9.17) is 0 Å². The third kappa shape index (κ3) is 1.81. The lowest BCUT2D eigenvalue weighted by Crippen LogP contribution is -2.33. The molecule has 96 valence electrons. The van der Waals surface area contributed by atoms with Crippen LogP contribution in [0, 0.1) is 11.8 Å². The molecular weight excluding hydrogens is 232 g/mol. The molecule has 2 aromatic rings. The lowest BCUT2D eigenvalue weighted by Gasteiger charge is -2.39. The fourth-order valence-corrected chi connectivity index (χ4v) is 3.71. The Bertz CT molecular complexity index is 656. The second kappa shape index (κ2) is 4.21. The van der Waals surface area contributed by atoms with E-state index in [1.807, 2.05) is 0 Å². The van der Waals surface area contributed by atoms with Crippen molar-refractivity contribution in [1.29, 1.82) is 0 Å². The molecule has 2 bridgehead atoms. The van der Waals surface area contributed by atoms with Gasteiger partial charge in [0.05, 0.1) is 6.10 Å². The number of rotatable bonds is 1. The van der Waals surface area contributed by atoms with Gasteiger partial charge in [-0.05, 0) is 53.2 Å². The van der Waals surface area contributed by atoms with Gasteiger partial charge in [0.2, 0.25) is 0 Å². The smallest absolute Gasteiger partial charge is 0.0608 e. The van der Waals surface area contributed by atoms with Crippen LogP contribution >= 0.6 is 0 Å². The van der Waals surface area contributed by atoms with Crippen LogP contribution in [0.3, 0.4) is 0 Å². The molecule has 0 saturated heterocycles. The van der Waals surface area contributed by atoms with Gasteiger partial charge in [-0.15, -0.1) is 0 Å². The number of hydrogen-bond donors (Lipinski definition) is 1. The van der Waals surface area contributed by atoms with Crippen molar-refractivity contribution in [3.8, 4) is 0 Å². The molecule has 1 heteroatoms. The molecule has 0 heterocycles. The predicted octanol–water partition coefficient (Wildman–Crippen LogP) is 4.01. The van der Waals surface area contributed by atoms with Crippen LogP contribution in [-0.2, 0) is 0 Å². The summed E-state index contributed by atoms with van der Waals surface area (Å²) in [6.45, 7) is 0. The summed E-state index contributed by atoms with van der Waals surface area (Å²) in [6.07, 6.45) is 5.56. The molecule has 0 aliphatic heterocycles. The largest absolute Gasteiger partial charge is 0.392 e. The van der Waals surface area contributed by atoms with E-state index >= 15 is 0 Å². The third-order valence-corrected chi connectivity index (χ3v) is 4.78. The molecule has 1 saturated carbocycles. The quantitative estimate of drug-likeness (QED) is 0.810. The molecule has 3 aliphatic carbocycles. The van der Waals surface area contributed by atoms with Crippen LogP contribution in [0.15, 0.2) is 48.5 Å². The normalized spacial score (nSPS) is 29.5. The summed E-state index contributed by atoms with van der Waals surface area (Å²) in [7, 11) is 0. The van der Waals surface area contributed by atoms with E-state index < -0.39 is 0 Å². The maximum Gasteiger partial charge on any atom is 0.0608 e. The minimum atomic E-state index is -0.108. The van der Waals surface area contributed by atoms with Crippen LogP contribution in [0.5, 0.6) is 0 Å². The molecule has 0 spiro atoms. The van der Waals surface area contributed by atoms with Crippen LogP contribution in [-0.4, -0.2) is 11.2 Å². The van der Waals surface area contributed by atoms with Gasteiger partial charge in [-0.2, -0.15) is 0 Å². The van der Waals surface area contributed by atoms with Gasteiger partial charge in [-0.3, -0.25) is 0 Å². The lowest BCUT2D eigenvalue weighted by molar-refractivity contribution is 0.0703. The number of aliphatic hydroxyl groups is 1. The van der Waals surface area contributed by atoms with Gasteiger partial charge in [0.1, 0.15) is 0 Å². The highest BCUT2D eigenvalue weighted by Gasteiger charge is 2.35. The summed E-state index contributed by atoms with van der Waals surface area (Å²) in [5.41, 5.74) is 2.81. The Labute approximate surface area is 113 Å². The number of benzene rings is 2. The predicted molar refractivity (Wildman–Crippen MR) is 78.8 cm³/mol. The van der Waals surface area contributed by atoms with E-state index in [1.165, 1.54) is 28.3 Å². The molecule has 3 atom stereocenters. The second-order valence-electron chi connectivity index (χ2n) is 5.93. The van der Waals surface area contributed by atoms with E-state index in [0.29, 0.717) is 11.8 Å². The molecule has 2 aromatic carbocycles. The first-order chi connectivity index (χ1) is 9.31. The van der Waals surface area contributed by atoms with E-state index in [9.17, 15) is 5.11 Å². The van der Waals surface area contributed by atoms with Gasteiger partial charge in [-0.1, -0.05) is 42.5 Å². The summed E-state index contributed by atoms with van der Waals surface area (Å²) >= 11 is 0. The standard InChI is InChI=1S/C18H18O/c19-18-11-15-7-8-16(18)10-17(15)14-6-5-12-3-1-2-4-13(12)9-14/h1-6,9-10,15-16,18-19H,7-8,11H2.